The Kier molecular flexibility index (Phi) is 4.94. The van der Waals surface area contributed by atoms with E-state index in [1.54, 1.807) is 0 Å². The van der Waals surface area contributed by atoms with E-state index in [-0.39, 0.29) is 12.5 Å². The van der Waals surface area contributed by atoms with Gasteiger partial charge < -0.3 is 10.6 Å². The number of carbonyl (C=O) groups is 1. The smallest absolute Gasteiger partial charge is 0.236 e. The second-order valence-corrected chi connectivity index (χ2v) is 4.17. The Morgan fingerprint density at radius 3 is 2.86 bits per heavy atom. The molecule has 2 N–H and O–H groups in total. The summed E-state index contributed by atoms with van der Waals surface area (Å²) in [4.78, 5) is 13.3. The van der Waals surface area contributed by atoms with Crippen LogP contribution in [0.2, 0.25) is 0 Å². The molecule has 1 unspecified atom stereocenters. The third kappa shape index (κ3) is 3.29. The largest absolute Gasteiger partial charge is 0.342 e. The normalized spacial score (nSPS) is 23.3. The highest BCUT2D eigenvalue weighted by Gasteiger charge is 2.18. The second kappa shape index (κ2) is 6.02. The Morgan fingerprint density at radius 2 is 2.21 bits per heavy atom. The fourth-order valence-corrected chi connectivity index (χ4v) is 2.24. The summed E-state index contributed by atoms with van der Waals surface area (Å²) in [6, 6.07) is 0. The monoisotopic (exact) mass is 198 g/mol. The molecule has 0 spiro atoms. The molecule has 1 aliphatic rings. The first-order valence-electron chi connectivity index (χ1n) is 5.75. The van der Waals surface area contributed by atoms with E-state index in [1.807, 2.05) is 4.90 Å². The molecule has 0 aromatic carbocycles. The van der Waals surface area contributed by atoms with E-state index in [0.29, 0.717) is 0 Å². The van der Waals surface area contributed by atoms with E-state index in [1.165, 1.54) is 25.7 Å². The lowest BCUT2D eigenvalue weighted by atomic mass is 9.96. The summed E-state index contributed by atoms with van der Waals surface area (Å²) in [5, 5.41) is 0. The summed E-state index contributed by atoms with van der Waals surface area (Å²) in [6.07, 6.45) is 6.17. The van der Waals surface area contributed by atoms with E-state index in [4.69, 9.17) is 5.73 Å². The highest BCUT2D eigenvalue weighted by molar-refractivity contribution is 5.77. The number of amides is 1. The van der Waals surface area contributed by atoms with Gasteiger partial charge in [0.2, 0.25) is 5.91 Å². The lowest BCUT2D eigenvalue weighted by Crippen LogP contribution is -2.36. The van der Waals surface area contributed by atoms with Crippen molar-refractivity contribution in [1.29, 1.82) is 0 Å². The van der Waals surface area contributed by atoms with Crippen LogP contribution >= 0.6 is 0 Å². The van der Waals surface area contributed by atoms with Gasteiger partial charge in [-0.1, -0.05) is 19.8 Å². The number of carbonyl (C=O) groups excluding carboxylic acids is 1. The standard InChI is InChI=1S/C11H22N2O/c1-2-4-10-5-3-7-13(8-6-10)11(14)9-12/h10H,2-9,12H2,1H3. The molecule has 1 aliphatic heterocycles. The van der Waals surface area contributed by atoms with Crippen molar-refractivity contribution < 1.29 is 4.79 Å². The van der Waals surface area contributed by atoms with Crippen LogP contribution in [0.4, 0.5) is 0 Å². The Labute approximate surface area is 86.6 Å². The summed E-state index contributed by atoms with van der Waals surface area (Å²) < 4.78 is 0. The van der Waals surface area contributed by atoms with E-state index in [2.05, 4.69) is 6.92 Å². The highest BCUT2D eigenvalue weighted by Crippen LogP contribution is 2.21. The summed E-state index contributed by atoms with van der Waals surface area (Å²) in [5.41, 5.74) is 5.36. The Morgan fingerprint density at radius 1 is 1.43 bits per heavy atom. The molecule has 0 radical (unpaired) electrons. The molecule has 0 aromatic heterocycles. The molecule has 0 bridgehead atoms. The molecular formula is C11H22N2O. The fraction of sp³-hybridized carbons (Fsp3) is 0.909. The van der Waals surface area contributed by atoms with Crippen LogP contribution in [-0.4, -0.2) is 30.4 Å². The molecule has 0 aromatic rings. The van der Waals surface area contributed by atoms with Gasteiger partial charge in [-0.05, 0) is 25.2 Å². The van der Waals surface area contributed by atoms with Crippen LogP contribution in [0.1, 0.15) is 39.0 Å². The van der Waals surface area contributed by atoms with Gasteiger partial charge in [0.05, 0.1) is 6.54 Å². The third-order valence-corrected chi connectivity index (χ3v) is 3.07. The van der Waals surface area contributed by atoms with Crippen molar-refractivity contribution in [3.8, 4) is 0 Å². The van der Waals surface area contributed by atoms with Crippen molar-refractivity contribution in [2.24, 2.45) is 11.7 Å². The number of likely N-dealkylation sites (tertiary alicyclic amines) is 1. The van der Waals surface area contributed by atoms with Crippen molar-refractivity contribution in [3.05, 3.63) is 0 Å². The van der Waals surface area contributed by atoms with E-state index >= 15 is 0 Å². The van der Waals surface area contributed by atoms with Crippen LogP contribution in [0.3, 0.4) is 0 Å². The van der Waals surface area contributed by atoms with Crippen LogP contribution < -0.4 is 5.73 Å². The van der Waals surface area contributed by atoms with Gasteiger partial charge in [-0.2, -0.15) is 0 Å². The Hall–Kier alpha value is -0.570. The maximum Gasteiger partial charge on any atom is 0.236 e. The molecule has 0 aliphatic carbocycles. The summed E-state index contributed by atoms with van der Waals surface area (Å²) in [6.45, 7) is 4.23. The number of rotatable bonds is 3. The van der Waals surface area contributed by atoms with E-state index in [9.17, 15) is 4.79 Å². The molecule has 1 atom stereocenters. The van der Waals surface area contributed by atoms with Crippen molar-refractivity contribution in [3.63, 3.8) is 0 Å². The molecule has 1 heterocycles. The van der Waals surface area contributed by atoms with Crippen molar-refractivity contribution in [2.75, 3.05) is 19.6 Å². The van der Waals surface area contributed by atoms with Gasteiger partial charge in [0.25, 0.3) is 0 Å². The Bertz CT molecular complexity index is 182. The number of nitrogens with two attached hydrogens (primary N) is 1. The Balaban J connectivity index is 2.36. The molecule has 0 saturated carbocycles. The average molecular weight is 198 g/mol. The lowest BCUT2D eigenvalue weighted by molar-refractivity contribution is -0.129. The molecule has 1 amide bonds. The van der Waals surface area contributed by atoms with Gasteiger partial charge in [-0.15, -0.1) is 0 Å². The fourth-order valence-electron chi connectivity index (χ4n) is 2.24. The van der Waals surface area contributed by atoms with E-state index in [0.717, 1.165) is 25.4 Å². The second-order valence-electron chi connectivity index (χ2n) is 4.17. The van der Waals surface area contributed by atoms with Gasteiger partial charge in [0, 0.05) is 13.1 Å². The highest BCUT2D eigenvalue weighted by atomic mass is 16.2. The zero-order valence-corrected chi connectivity index (χ0v) is 9.17. The van der Waals surface area contributed by atoms with Crippen LogP contribution in [0.5, 0.6) is 0 Å². The minimum Gasteiger partial charge on any atom is -0.342 e. The minimum atomic E-state index is 0.113. The predicted octanol–water partition coefficient (Wildman–Crippen LogP) is 1.37. The first kappa shape index (κ1) is 11.5. The third-order valence-electron chi connectivity index (χ3n) is 3.07. The molecule has 82 valence electrons. The topological polar surface area (TPSA) is 46.3 Å². The van der Waals surface area contributed by atoms with Crippen molar-refractivity contribution >= 4 is 5.91 Å². The summed E-state index contributed by atoms with van der Waals surface area (Å²) in [5.74, 6) is 0.942. The molecule has 3 heteroatoms. The van der Waals surface area contributed by atoms with Gasteiger partial charge >= 0.3 is 0 Å². The van der Waals surface area contributed by atoms with Gasteiger partial charge in [-0.25, -0.2) is 0 Å². The predicted molar refractivity (Wildman–Crippen MR) is 57.9 cm³/mol. The first-order valence-corrected chi connectivity index (χ1v) is 5.75. The zero-order chi connectivity index (χ0) is 10.4. The molecule has 1 fully saturated rings. The van der Waals surface area contributed by atoms with Crippen LogP contribution in [0.25, 0.3) is 0 Å². The lowest BCUT2D eigenvalue weighted by Gasteiger charge is -2.19. The van der Waals surface area contributed by atoms with Crippen LogP contribution in [0, 0.1) is 5.92 Å². The molecule has 1 rings (SSSR count). The van der Waals surface area contributed by atoms with Gasteiger partial charge in [0.1, 0.15) is 0 Å². The maximum atomic E-state index is 11.4. The minimum absolute atomic E-state index is 0.113. The number of hydrogen-bond acceptors (Lipinski definition) is 2. The molecule has 3 nitrogen and oxygen atoms in total. The molecular weight excluding hydrogens is 176 g/mol. The number of nitrogens with zero attached hydrogens (tertiary/aromatic N) is 1. The number of hydrogen-bond donors (Lipinski definition) is 1. The zero-order valence-electron chi connectivity index (χ0n) is 9.17. The SMILES string of the molecule is CCCC1CCCN(C(=O)CN)CC1. The molecule has 1 saturated heterocycles. The first-order chi connectivity index (χ1) is 6.77. The van der Waals surface area contributed by atoms with Crippen LogP contribution in [0.15, 0.2) is 0 Å². The maximum absolute atomic E-state index is 11.4. The summed E-state index contributed by atoms with van der Waals surface area (Å²) in [7, 11) is 0. The van der Waals surface area contributed by atoms with E-state index < -0.39 is 0 Å². The van der Waals surface area contributed by atoms with Crippen LogP contribution in [-0.2, 0) is 4.79 Å². The van der Waals surface area contributed by atoms with Crippen molar-refractivity contribution in [1.82, 2.24) is 4.90 Å². The molecule has 14 heavy (non-hydrogen) atoms. The average Bonchev–Trinajstić information content (AvgIpc) is 2.43. The summed E-state index contributed by atoms with van der Waals surface area (Å²) >= 11 is 0. The van der Waals surface area contributed by atoms with Crippen molar-refractivity contribution in [2.45, 2.75) is 39.0 Å². The van der Waals surface area contributed by atoms with Gasteiger partial charge in [0.15, 0.2) is 0 Å². The quantitative estimate of drug-likeness (QED) is 0.744. The van der Waals surface area contributed by atoms with Gasteiger partial charge in [-0.3, -0.25) is 4.79 Å².